The topological polar surface area (TPSA) is 0 Å². The fourth-order valence-corrected chi connectivity index (χ4v) is 6.71. The van der Waals surface area contributed by atoms with Gasteiger partial charge in [-0.3, -0.25) is 0 Å². The van der Waals surface area contributed by atoms with Crippen molar-refractivity contribution in [3.8, 4) is 22.3 Å². The second-order valence-corrected chi connectivity index (χ2v) is 11.0. The highest BCUT2D eigenvalue weighted by molar-refractivity contribution is 6.22. The van der Waals surface area contributed by atoms with Gasteiger partial charge in [0.05, 0.1) is 0 Å². The predicted molar refractivity (Wildman–Crippen MR) is 177 cm³/mol. The summed E-state index contributed by atoms with van der Waals surface area (Å²) in [5, 5.41) is 12.4. The maximum Gasteiger partial charge on any atom is 0.0359 e. The fourth-order valence-electron chi connectivity index (χ4n) is 6.71. The van der Waals surface area contributed by atoms with Crippen LogP contribution in [0.25, 0.3) is 76.1 Å². The van der Waals surface area contributed by atoms with Crippen LogP contribution in [-0.4, -0.2) is 0 Å². The summed E-state index contributed by atoms with van der Waals surface area (Å²) in [5.41, 5.74) is 6.42. The zero-order valence-electron chi connectivity index (χ0n) is 23.0. The number of benzene rings is 7. The number of rotatable bonds is 4. The Labute approximate surface area is 240 Å². The van der Waals surface area contributed by atoms with Crippen molar-refractivity contribution in [3.05, 3.63) is 145 Å². The van der Waals surface area contributed by atoms with Crippen LogP contribution in [-0.2, 0) is 6.42 Å². The first kappa shape index (κ1) is 23.7. The first-order valence-corrected chi connectivity index (χ1v) is 14.5. The van der Waals surface area contributed by atoms with Crippen LogP contribution in [0.15, 0.2) is 127 Å². The molecule has 0 aliphatic heterocycles. The van der Waals surface area contributed by atoms with Crippen LogP contribution in [0, 0.1) is 12.1 Å². The second kappa shape index (κ2) is 9.51. The van der Waals surface area contributed by atoms with Crippen molar-refractivity contribution in [2.45, 2.75) is 19.8 Å². The Balaban J connectivity index is 1.45. The van der Waals surface area contributed by atoms with Crippen LogP contribution < -0.4 is 0 Å². The first-order chi connectivity index (χ1) is 20.3. The van der Waals surface area contributed by atoms with Gasteiger partial charge >= 0.3 is 0 Å². The first-order valence-electron chi connectivity index (χ1n) is 14.5. The standard InChI is InChI=1S/C41H28/c1-2-10-28-13-9-18-34-33(28)24-23-29-20-22-32(26-39(29)34)41-37-16-7-5-14-35(37)40(36-15-6-8-17-38(36)41)31-21-19-27-11-3-4-12-30(27)25-31/h3-9,11-22,25-26H,2,10H2,1H3. The van der Waals surface area contributed by atoms with Crippen molar-refractivity contribution in [1.29, 1.82) is 0 Å². The van der Waals surface area contributed by atoms with Crippen molar-refractivity contribution in [3.63, 3.8) is 0 Å². The third kappa shape index (κ3) is 3.78. The molecule has 0 nitrogen and oxygen atoms in total. The molecule has 0 aliphatic rings. The molecule has 0 bridgehead atoms. The summed E-state index contributed by atoms with van der Waals surface area (Å²) in [6.07, 6.45) is 2.17. The maximum atomic E-state index is 3.48. The van der Waals surface area contributed by atoms with Crippen LogP contribution in [0.5, 0.6) is 0 Å². The van der Waals surface area contributed by atoms with Crippen molar-refractivity contribution in [2.24, 2.45) is 0 Å². The summed E-state index contributed by atoms with van der Waals surface area (Å²) in [6.45, 7) is 2.24. The van der Waals surface area contributed by atoms with E-state index in [1.807, 2.05) is 0 Å². The smallest absolute Gasteiger partial charge is 0.0359 e. The molecule has 0 radical (unpaired) electrons. The molecule has 0 saturated carbocycles. The van der Waals surface area contributed by atoms with Gasteiger partial charge in [0.2, 0.25) is 0 Å². The Hall–Kier alpha value is -5.12. The van der Waals surface area contributed by atoms with Gasteiger partial charge in [-0.15, -0.1) is 0 Å². The number of hydrogen-bond donors (Lipinski definition) is 0. The molecule has 0 saturated heterocycles. The molecule has 0 unspecified atom stereocenters. The molecule has 8 aromatic carbocycles. The van der Waals surface area contributed by atoms with Crippen LogP contribution >= 0.6 is 0 Å². The van der Waals surface area contributed by atoms with Crippen LogP contribution in [0.2, 0.25) is 0 Å². The molecule has 41 heavy (non-hydrogen) atoms. The highest BCUT2D eigenvalue weighted by Gasteiger charge is 2.17. The van der Waals surface area contributed by atoms with Crippen LogP contribution in [0.1, 0.15) is 18.9 Å². The average Bonchev–Trinajstić information content (AvgIpc) is 3.03. The summed E-state index contributed by atoms with van der Waals surface area (Å²) in [4.78, 5) is 0. The summed E-state index contributed by atoms with van der Waals surface area (Å²) < 4.78 is 0. The average molecular weight is 521 g/mol. The van der Waals surface area contributed by atoms with Gasteiger partial charge in [0.15, 0.2) is 0 Å². The molecule has 0 aromatic heterocycles. The molecule has 0 atom stereocenters. The van der Waals surface area contributed by atoms with Gasteiger partial charge in [0, 0.05) is 10.8 Å². The van der Waals surface area contributed by atoms with Gasteiger partial charge in [-0.1, -0.05) is 135 Å². The van der Waals surface area contributed by atoms with Crippen molar-refractivity contribution < 1.29 is 0 Å². The molecule has 0 amide bonds. The van der Waals surface area contributed by atoms with Crippen molar-refractivity contribution in [2.75, 3.05) is 0 Å². The molecule has 0 N–H and O–H groups in total. The predicted octanol–water partition coefficient (Wildman–Crippen LogP) is 11.3. The molecular weight excluding hydrogens is 492 g/mol. The summed E-state index contributed by atoms with van der Waals surface area (Å²) >= 11 is 0. The maximum absolute atomic E-state index is 3.48. The third-order valence-electron chi connectivity index (χ3n) is 8.56. The van der Waals surface area contributed by atoms with E-state index < -0.39 is 0 Å². The molecule has 8 aromatic rings. The van der Waals surface area contributed by atoms with Crippen molar-refractivity contribution >= 4 is 53.9 Å². The lowest BCUT2D eigenvalue weighted by Gasteiger charge is -2.18. The molecular formula is C41H28. The van der Waals surface area contributed by atoms with Gasteiger partial charge in [0.1, 0.15) is 0 Å². The Kier molecular flexibility index (Phi) is 5.51. The SMILES string of the molecule is CCCc1cccc2c1c#cc1ccc(-c3c4ccccc4c(-c4ccc5ccccc5c4)c4ccccc34)cc12. The van der Waals surface area contributed by atoms with E-state index >= 15 is 0 Å². The summed E-state index contributed by atoms with van der Waals surface area (Å²) in [6, 6.07) is 53.7. The molecule has 0 heterocycles. The molecule has 0 spiro atoms. The van der Waals surface area contributed by atoms with Gasteiger partial charge in [-0.2, -0.15) is 0 Å². The lowest BCUT2D eigenvalue weighted by atomic mass is 9.85. The van der Waals surface area contributed by atoms with Crippen LogP contribution in [0.4, 0.5) is 0 Å². The van der Waals surface area contributed by atoms with E-state index in [9.17, 15) is 0 Å². The minimum absolute atomic E-state index is 1.05. The van der Waals surface area contributed by atoms with E-state index in [-0.39, 0.29) is 0 Å². The highest BCUT2D eigenvalue weighted by atomic mass is 14.2. The Bertz CT molecular complexity index is 2210. The van der Waals surface area contributed by atoms with Gasteiger partial charge in [0.25, 0.3) is 0 Å². The minimum Gasteiger partial charge on any atom is -0.0651 e. The lowest BCUT2D eigenvalue weighted by molar-refractivity contribution is 0.930. The number of fused-ring (bicyclic) bond motifs is 6. The summed E-state index contributed by atoms with van der Waals surface area (Å²) in [5.74, 6) is 0. The summed E-state index contributed by atoms with van der Waals surface area (Å²) in [7, 11) is 0. The van der Waals surface area contributed by atoms with Gasteiger partial charge in [-0.05, 0) is 95.5 Å². The van der Waals surface area contributed by atoms with E-state index in [2.05, 4.69) is 146 Å². The molecule has 8 rings (SSSR count). The lowest BCUT2D eigenvalue weighted by Crippen LogP contribution is -1.91. The fraction of sp³-hybridized carbons (Fsp3) is 0.0732. The van der Waals surface area contributed by atoms with Crippen LogP contribution in [0.3, 0.4) is 0 Å². The van der Waals surface area contributed by atoms with E-state index in [1.54, 1.807) is 0 Å². The highest BCUT2D eigenvalue weighted by Crippen LogP contribution is 2.44. The zero-order valence-corrected chi connectivity index (χ0v) is 23.0. The molecule has 192 valence electrons. The number of aryl methyl sites for hydroxylation is 1. The largest absolute Gasteiger partial charge is 0.0651 e. The Morgan fingerprint density at radius 1 is 0.463 bits per heavy atom. The minimum atomic E-state index is 1.05. The van der Waals surface area contributed by atoms with E-state index in [0.717, 1.165) is 18.2 Å². The Morgan fingerprint density at radius 2 is 1.05 bits per heavy atom. The van der Waals surface area contributed by atoms with Crippen molar-refractivity contribution in [1.82, 2.24) is 0 Å². The second-order valence-electron chi connectivity index (χ2n) is 11.0. The van der Waals surface area contributed by atoms with E-state index in [4.69, 9.17) is 0 Å². The quantitative estimate of drug-likeness (QED) is 0.202. The molecule has 0 aliphatic carbocycles. The Morgan fingerprint density at radius 3 is 1.73 bits per heavy atom. The normalized spacial score (nSPS) is 11.5. The van der Waals surface area contributed by atoms with Gasteiger partial charge < -0.3 is 0 Å². The van der Waals surface area contributed by atoms with Gasteiger partial charge in [-0.25, -0.2) is 0 Å². The van der Waals surface area contributed by atoms with E-state index in [1.165, 1.54) is 76.3 Å². The molecule has 0 heteroatoms. The van der Waals surface area contributed by atoms with E-state index in [0.29, 0.717) is 0 Å². The zero-order chi connectivity index (χ0) is 27.3. The monoisotopic (exact) mass is 520 g/mol. The number of hydrogen-bond acceptors (Lipinski definition) is 0. The third-order valence-corrected chi connectivity index (χ3v) is 8.56. The molecule has 0 fully saturated rings.